The zero-order chi connectivity index (χ0) is 27.6. The van der Waals surface area contributed by atoms with Gasteiger partial charge in [-0.2, -0.15) is 0 Å². The first kappa shape index (κ1) is 28.0. The number of hydrogen-bond donors (Lipinski definition) is 3. The maximum Gasteiger partial charge on any atom is 0.257 e. The van der Waals surface area contributed by atoms with Crippen molar-refractivity contribution in [3.8, 4) is 5.75 Å². The number of halogens is 1. The minimum absolute atomic E-state index is 0.116. The Bertz CT molecular complexity index is 1430. The summed E-state index contributed by atoms with van der Waals surface area (Å²) in [7, 11) is 0. The predicted octanol–water partition coefficient (Wildman–Crippen LogP) is 6.69. The molecule has 0 aliphatic rings. The number of rotatable bonds is 9. The molecule has 39 heavy (non-hydrogen) atoms. The number of ether oxygens (including phenoxy) is 1. The van der Waals surface area contributed by atoms with Crippen molar-refractivity contribution >= 4 is 50.8 Å². The van der Waals surface area contributed by atoms with E-state index in [1.807, 2.05) is 55.5 Å². The van der Waals surface area contributed by atoms with Crippen LogP contribution in [0.15, 0.2) is 108 Å². The third-order valence-corrected chi connectivity index (χ3v) is 6.79. The van der Waals surface area contributed by atoms with Gasteiger partial charge < -0.3 is 15.4 Å². The highest BCUT2D eigenvalue weighted by atomic mass is 79.9. The molecule has 4 aromatic rings. The Morgan fingerprint density at radius 2 is 1.49 bits per heavy atom. The van der Waals surface area contributed by atoms with Crippen LogP contribution in [0.5, 0.6) is 5.75 Å². The summed E-state index contributed by atoms with van der Waals surface area (Å²) in [5.41, 5.74) is 3.83. The average molecular weight is 603 g/mol. The summed E-state index contributed by atoms with van der Waals surface area (Å²) in [4.78, 5) is 25.3. The van der Waals surface area contributed by atoms with Crippen molar-refractivity contribution < 1.29 is 14.3 Å². The van der Waals surface area contributed by atoms with Crippen molar-refractivity contribution in [2.45, 2.75) is 19.4 Å². The highest BCUT2D eigenvalue weighted by Gasteiger charge is 2.13. The van der Waals surface area contributed by atoms with Gasteiger partial charge >= 0.3 is 0 Å². The number of thiocarbonyl (C=S) groups is 1. The van der Waals surface area contributed by atoms with Gasteiger partial charge in [0.15, 0.2) is 5.11 Å². The molecule has 1 atom stereocenters. The Balaban J connectivity index is 1.26. The van der Waals surface area contributed by atoms with Crippen LogP contribution < -0.4 is 20.7 Å². The van der Waals surface area contributed by atoms with Crippen molar-refractivity contribution in [3.63, 3.8) is 0 Å². The van der Waals surface area contributed by atoms with Crippen molar-refractivity contribution in [2.75, 3.05) is 11.9 Å². The first-order valence-electron chi connectivity index (χ1n) is 12.4. The largest absolute Gasteiger partial charge is 0.492 e. The van der Waals surface area contributed by atoms with Crippen LogP contribution in [0.1, 0.15) is 44.8 Å². The Morgan fingerprint density at radius 1 is 0.846 bits per heavy atom. The molecule has 4 aromatic carbocycles. The summed E-state index contributed by atoms with van der Waals surface area (Å²) in [6.45, 7) is 2.46. The summed E-state index contributed by atoms with van der Waals surface area (Å²) in [6.07, 6.45) is 0.786. The number of anilines is 1. The van der Waals surface area contributed by atoms with Gasteiger partial charge in [0.25, 0.3) is 11.8 Å². The second-order valence-electron chi connectivity index (χ2n) is 8.82. The second-order valence-corrected chi connectivity index (χ2v) is 10.1. The molecule has 4 rings (SSSR count). The lowest BCUT2D eigenvalue weighted by molar-refractivity contribution is 0.0938. The molecule has 8 heteroatoms. The standard InChI is InChI=1S/C31H28BrN3O3S/c1-21(23-10-6-3-7-11-23)33-29(36)24-12-15-26(16-13-24)34-31(39)35-30(37)25-14-17-28(27(32)20-25)38-19-18-22-8-4-2-5-9-22/h2-17,20-21H,18-19H2,1H3,(H,33,36)(H2,34,35,37,39). The fourth-order valence-corrected chi connectivity index (χ4v) is 4.53. The van der Waals surface area contributed by atoms with Crippen LogP contribution in [0, 0.1) is 0 Å². The Labute approximate surface area is 241 Å². The third-order valence-electron chi connectivity index (χ3n) is 5.96. The third kappa shape index (κ3) is 8.24. The van der Waals surface area contributed by atoms with E-state index in [0.29, 0.717) is 33.6 Å². The molecule has 0 saturated heterocycles. The second kappa shape index (κ2) is 13.7. The molecule has 0 saturated carbocycles. The van der Waals surface area contributed by atoms with Crippen LogP contribution in [0.4, 0.5) is 5.69 Å². The summed E-state index contributed by atoms with van der Waals surface area (Å²) in [6, 6.07) is 31.8. The molecule has 6 nitrogen and oxygen atoms in total. The zero-order valence-electron chi connectivity index (χ0n) is 21.3. The molecular weight excluding hydrogens is 574 g/mol. The lowest BCUT2D eigenvalue weighted by Crippen LogP contribution is -2.34. The number of benzene rings is 4. The SMILES string of the molecule is CC(NC(=O)c1ccc(NC(=S)NC(=O)c2ccc(OCCc3ccccc3)c(Br)c2)cc1)c1ccccc1. The predicted molar refractivity (Wildman–Crippen MR) is 162 cm³/mol. The van der Waals surface area contributed by atoms with Gasteiger partial charge in [0.05, 0.1) is 17.1 Å². The van der Waals surface area contributed by atoms with Gasteiger partial charge in [-0.05, 0) is 88.7 Å². The number of carbonyl (C=O) groups is 2. The first-order valence-corrected chi connectivity index (χ1v) is 13.6. The van der Waals surface area contributed by atoms with Crippen LogP contribution in [-0.4, -0.2) is 23.5 Å². The molecule has 0 aliphatic heterocycles. The van der Waals surface area contributed by atoms with E-state index in [4.69, 9.17) is 17.0 Å². The summed E-state index contributed by atoms with van der Waals surface area (Å²) >= 11 is 8.79. The average Bonchev–Trinajstić information content (AvgIpc) is 2.95. The van der Waals surface area contributed by atoms with Crippen molar-refractivity contribution in [1.29, 1.82) is 0 Å². The minimum atomic E-state index is -0.352. The Kier molecular flexibility index (Phi) is 9.83. The lowest BCUT2D eigenvalue weighted by atomic mass is 10.1. The maximum absolute atomic E-state index is 12.7. The van der Waals surface area contributed by atoms with Crippen LogP contribution in [0.2, 0.25) is 0 Å². The monoisotopic (exact) mass is 601 g/mol. The van der Waals surface area contributed by atoms with Gasteiger partial charge in [-0.3, -0.25) is 14.9 Å². The van der Waals surface area contributed by atoms with Gasteiger partial charge in [0, 0.05) is 23.2 Å². The van der Waals surface area contributed by atoms with Gasteiger partial charge in [-0.15, -0.1) is 0 Å². The molecule has 198 valence electrons. The Hall–Kier alpha value is -4.01. The van der Waals surface area contributed by atoms with Crippen molar-refractivity contribution in [2.24, 2.45) is 0 Å². The first-order chi connectivity index (χ1) is 18.9. The molecule has 0 radical (unpaired) electrons. The molecular formula is C31H28BrN3O3S. The van der Waals surface area contributed by atoms with E-state index in [9.17, 15) is 9.59 Å². The van der Waals surface area contributed by atoms with E-state index in [1.54, 1.807) is 42.5 Å². The molecule has 0 fully saturated rings. The number of carbonyl (C=O) groups excluding carboxylic acids is 2. The topological polar surface area (TPSA) is 79.5 Å². The fraction of sp³-hybridized carbons (Fsp3) is 0.129. The minimum Gasteiger partial charge on any atom is -0.492 e. The van der Waals surface area contributed by atoms with Gasteiger partial charge in [0.2, 0.25) is 0 Å². The smallest absolute Gasteiger partial charge is 0.257 e. The van der Waals surface area contributed by atoms with Crippen molar-refractivity contribution in [1.82, 2.24) is 10.6 Å². The van der Waals surface area contributed by atoms with E-state index in [1.165, 1.54) is 5.56 Å². The maximum atomic E-state index is 12.7. The molecule has 3 N–H and O–H groups in total. The van der Waals surface area contributed by atoms with Gasteiger partial charge in [0.1, 0.15) is 5.75 Å². The molecule has 0 bridgehead atoms. The fourth-order valence-electron chi connectivity index (χ4n) is 3.83. The van der Waals surface area contributed by atoms with Gasteiger partial charge in [-0.25, -0.2) is 0 Å². The van der Waals surface area contributed by atoms with Crippen molar-refractivity contribution in [3.05, 3.63) is 130 Å². The molecule has 2 amide bonds. The van der Waals surface area contributed by atoms with E-state index >= 15 is 0 Å². The van der Waals surface area contributed by atoms with Crippen LogP contribution in [0.3, 0.4) is 0 Å². The van der Waals surface area contributed by atoms with E-state index in [-0.39, 0.29) is 23.0 Å². The molecule has 1 unspecified atom stereocenters. The zero-order valence-corrected chi connectivity index (χ0v) is 23.7. The molecule has 0 heterocycles. The molecule has 0 aromatic heterocycles. The number of nitrogens with one attached hydrogen (secondary N) is 3. The van der Waals surface area contributed by atoms with Crippen LogP contribution in [0.25, 0.3) is 0 Å². The van der Waals surface area contributed by atoms with Crippen LogP contribution in [-0.2, 0) is 6.42 Å². The normalized spacial score (nSPS) is 11.2. The highest BCUT2D eigenvalue weighted by molar-refractivity contribution is 9.10. The summed E-state index contributed by atoms with van der Waals surface area (Å²) in [5.74, 6) is 0.132. The Morgan fingerprint density at radius 3 is 2.15 bits per heavy atom. The quantitative estimate of drug-likeness (QED) is 0.186. The van der Waals surface area contributed by atoms with E-state index in [0.717, 1.165) is 12.0 Å². The highest BCUT2D eigenvalue weighted by Crippen LogP contribution is 2.26. The van der Waals surface area contributed by atoms with E-state index in [2.05, 4.69) is 44.0 Å². The van der Waals surface area contributed by atoms with E-state index < -0.39 is 0 Å². The van der Waals surface area contributed by atoms with Crippen LogP contribution >= 0.6 is 28.1 Å². The number of amides is 2. The molecule has 0 spiro atoms. The number of hydrogen-bond acceptors (Lipinski definition) is 4. The van der Waals surface area contributed by atoms with Gasteiger partial charge in [-0.1, -0.05) is 60.7 Å². The summed E-state index contributed by atoms with van der Waals surface area (Å²) in [5, 5.41) is 8.79. The molecule has 0 aliphatic carbocycles. The lowest BCUT2D eigenvalue weighted by Gasteiger charge is -2.15. The summed E-state index contributed by atoms with van der Waals surface area (Å²) < 4.78 is 6.54.